The van der Waals surface area contributed by atoms with E-state index in [0.717, 1.165) is 51.3 Å². The number of rotatable bonds is 9. The van der Waals surface area contributed by atoms with Gasteiger partial charge in [0.15, 0.2) is 11.5 Å². The van der Waals surface area contributed by atoms with E-state index in [-0.39, 0.29) is 11.8 Å². The summed E-state index contributed by atoms with van der Waals surface area (Å²) in [5, 5.41) is 3.15. The Morgan fingerprint density at radius 1 is 1.11 bits per heavy atom. The van der Waals surface area contributed by atoms with Crippen LogP contribution in [0.5, 0.6) is 11.5 Å². The van der Waals surface area contributed by atoms with Gasteiger partial charge in [0.25, 0.3) is 5.91 Å². The number of hydrogen-bond acceptors (Lipinski definition) is 7. The molecule has 0 bridgehead atoms. The Bertz CT molecular complexity index is 1060. The van der Waals surface area contributed by atoms with Crippen LogP contribution in [0.25, 0.3) is 0 Å². The number of hydrogen-bond donors (Lipinski definition) is 1. The van der Waals surface area contributed by atoms with Crippen molar-refractivity contribution in [3.63, 3.8) is 0 Å². The van der Waals surface area contributed by atoms with Gasteiger partial charge in [-0.2, -0.15) is 0 Å². The summed E-state index contributed by atoms with van der Waals surface area (Å²) >= 11 is 0. The molecule has 3 heterocycles. The molecule has 4 rings (SSSR count). The van der Waals surface area contributed by atoms with Crippen LogP contribution in [-0.4, -0.2) is 98.6 Å². The van der Waals surface area contributed by atoms with Crippen molar-refractivity contribution in [2.75, 3.05) is 67.1 Å². The summed E-state index contributed by atoms with van der Waals surface area (Å²) in [6.07, 6.45) is 4.28. The maximum atomic E-state index is 13.7. The summed E-state index contributed by atoms with van der Waals surface area (Å²) in [5.74, 6) is 0.0464. The van der Waals surface area contributed by atoms with Gasteiger partial charge in [0.2, 0.25) is 5.91 Å². The van der Waals surface area contributed by atoms with Crippen LogP contribution in [-0.2, 0) is 4.79 Å². The zero-order chi connectivity index (χ0) is 25.7. The quantitative estimate of drug-likeness (QED) is 0.534. The molecule has 0 saturated carbocycles. The van der Waals surface area contributed by atoms with Gasteiger partial charge >= 0.3 is 0 Å². The average molecular weight is 496 g/mol. The number of piperazine rings is 1. The first-order valence-corrected chi connectivity index (χ1v) is 12.6. The standard InChI is InChI=1S/C27H37N5O4/c1-5-31-12-14-32(15-13-31)11-7-10-29-26(33)24-20-16-22(35-3)23(36-4)17-21(20)27(34)30(2)25(24)19-8-6-9-28-18-19/h6,8-9,16-18,24-25H,5,7,10-15H2,1-4H3,(H,29,33)/t24-,25+/m0/s1. The highest BCUT2D eigenvalue weighted by Gasteiger charge is 2.43. The van der Waals surface area contributed by atoms with Crippen LogP contribution < -0.4 is 14.8 Å². The number of nitrogens with zero attached hydrogens (tertiary/aromatic N) is 4. The second-order valence-electron chi connectivity index (χ2n) is 9.34. The van der Waals surface area contributed by atoms with Crippen LogP contribution in [0.15, 0.2) is 36.7 Å². The fourth-order valence-electron chi connectivity index (χ4n) is 5.25. The van der Waals surface area contributed by atoms with Crippen molar-refractivity contribution in [1.29, 1.82) is 0 Å². The third-order valence-corrected chi connectivity index (χ3v) is 7.35. The number of carbonyl (C=O) groups is 2. The molecular weight excluding hydrogens is 458 g/mol. The fourth-order valence-corrected chi connectivity index (χ4v) is 5.25. The van der Waals surface area contributed by atoms with E-state index in [4.69, 9.17) is 9.47 Å². The number of benzene rings is 1. The molecule has 1 aromatic carbocycles. The molecule has 0 spiro atoms. The van der Waals surface area contributed by atoms with Gasteiger partial charge in [-0.3, -0.25) is 14.6 Å². The number of likely N-dealkylation sites (N-methyl/N-ethyl adjacent to an activating group) is 2. The van der Waals surface area contributed by atoms with Crippen molar-refractivity contribution in [2.24, 2.45) is 0 Å². The monoisotopic (exact) mass is 495 g/mol. The van der Waals surface area contributed by atoms with Gasteiger partial charge in [0.05, 0.1) is 26.2 Å². The van der Waals surface area contributed by atoms with E-state index in [1.807, 2.05) is 12.1 Å². The van der Waals surface area contributed by atoms with Gasteiger partial charge in [-0.25, -0.2) is 0 Å². The molecule has 1 N–H and O–H groups in total. The molecule has 0 aliphatic carbocycles. The van der Waals surface area contributed by atoms with E-state index in [1.54, 1.807) is 43.6 Å². The molecule has 2 aliphatic heterocycles. The lowest BCUT2D eigenvalue weighted by molar-refractivity contribution is -0.124. The molecule has 2 amide bonds. The topological polar surface area (TPSA) is 87.2 Å². The normalized spacial score (nSPS) is 20.7. The number of fused-ring (bicyclic) bond motifs is 1. The van der Waals surface area contributed by atoms with Crippen LogP contribution >= 0.6 is 0 Å². The molecule has 9 heteroatoms. The summed E-state index contributed by atoms with van der Waals surface area (Å²) in [7, 11) is 4.82. The number of aromatic nitrogens is 1. The predicted molar refractivity (Wildman–Crippen MR) is 138 cm³/mol. The van der Waals surface area contributed by atoms with Gasteiger partial charge in [0.1, 0.15) is 0 Å². The van der Waals surface area contributed by atoms with E-state index in [9.17, 15) is 9.59 Å². The molecule has 2 aromatic rings. The number of amides is 2. The van der Waals surface area contributed by atoms with Crippen molar-refractivity contribution < 1.29 is 19.1 Å². The first-order valence-electron chi connectivity index (χ1n) is 12.6. The Balaban J connectivity index is 1.55. The molecule has 2 atom stereocenters. The highest BCUT2D eigenvalue weighted by atomic mass is 16.5. The van der Waals surface area contributed by atoms with E-state index in [0.29, 0.717) is 29.2 Å². The van der Waals surface area contributed by atoms with Crippen molar-refractivity contribution in [1.82, 2.24) is 25.0 Å². The van der Waals surface area contributed by atoms with Crippen LogP contribution in [0.3, 0.4) is 0 Å². The Labute approximate surface area is 213 Å². The van der Waals surface area contributed by atoms with Crippen molar-refractivity contribution >= 4 is 11.8 Å². The summed E-state index contributed by atoms with van der Waals surface area (Å²) in [4.78, 5) is 37.9. The summed E-state index contributed by atoms with van der Waals surface area (Å²) < 4.78 is 10.9. The van der Waals surface area contributed by atoms with Crippen LogP contribution in [0, 0.1) is 0 Å². The van der Waals surface area contributed by atoms with Crippen LogP contribution in [0.2, 0.25) is 0 Å². The van der Waals surface area contributed by atoms with Gasteiger partial charge in [-0.05, 0) is 48.8 Å². The molecule has 1 saturated heterocycles. The maximum absolute atomic E-state index is 13.7. The van der Waals surface area contributed by atoms with Gasteiger partial charge in [-0.1, -0.05) is 13.0 Å². The molecule has 0 unspecified atom stereocenters. The maximum Gasteiger partial charge on any atom is 0.254 e. The smallest absolute Gasteiger partial charge is 0.254 e. The Hall–Kier alpha value is -3.17. The minimum absolute atomic E-state index is 0.118. The second-order valence-corrected chi connectivity index (χ2v) is 9.34. The van der Waals surface area contributed by atoms with Crippen LogP contribution in [0.4, 0.5) is 0 Å². The molecule has 194 valence electrons. The molecule has 0 radical (unpaired) electrons. The molecular formula is C27H37N5O4. The van der Waals surface area contributed by atoms with Crippen molar-refractivity contribution in [3.05, 3.63) is 53.3 Å². The number of methoxy groups -OCH3 is 2. The van der Waals surface area contributed by atoms with Gasteiger partial charge < -0.3 is 29.5 Å². The average Bonchev–Trinajstić information content (AvgIpc) is 2.92. The molecule has 1 aromatic heterocycles. The predicted octanol–water partition coefficient (Wildman–Crippen LogP) is 2.15. The SMILES string of the molecule is CCN1CCN(CCCNC(=O)[C@H]2c3cc(OC)c(OC)cc3C(=O)N(C)[C@@H]2c2cccnc2)CC1. The van der Waals surface area contributed by atoms with E-state index in [1.165, 1.54) is 7.11 Å². The van der Waals surface area contributed by atoms with Gasteiger partial charge in [0, 0.05) is 57.7 Å². The minimum Gasteiger partial charge on any atom is -0.493 e. The van der Waals surface area contributed by atoms with Crippen LogP contribution in [0.1, 0.15) is 46.8 Å². The highest BCUT2D eigenvalue weighted by molar-refractivity contribution is 6.02. The fraction of sp³-hybridized carbons (Fsp3) is 0.519. The van der Waals surface area contributed by atoms with E-state index in [2.05, 4.69) is 27.0 Å². The Kier molecular flexibility index (Phi) is 8.43. The first kappa shape index (κ1) is 25.9. The summed E-state index contributed by atoms with van der Waals surface area (Å²) in [6, 6.07) is 6.68. The molecule has 1 fully saturated rings. The minimum atomic E-state index is -0.611. The number of nitrogens with one attached hydrogen (secondary N) is 1. The van der Waals surface area contributed by atoms with Crippen molar-refractivity contribution in [2.45, 2.75) is 25.3 Å². The lowest BCUT2D eigenvalue weighted by Gasteiger charge is -2.40. The summed E-state index contributed by atoms with van der Waals surface area (Å²) in [6.45, 7) is 9.14. The first-order chi connectivity index (χ1) is 17.5. The second kappa shape index (κ2) is 11.7. The lowest BCUT2D eigenvalue weighted by Crippen LogP contribution is -2.47. The third-order valence-electron chi connectivity index (χ3n) is 7.35. The summed E-state index contributed by atoms with van der Waals surface area (Å²) in [5.41, 5.74) is 1.89. The largest absolute Gasteiger partial charge is 0.493 e. The Morgan fingerprint density at radius 3 is 2.44 bits per heavy atom. The lowest BCUT2D eigenvalue weighted by atomic mass is 9.79. The highest BCUT2D eigenvalue weighted by Crippen LogP contribution is 2.45. The number of carbonyl (C=O) groups excluding carboxylic acids is 2. The zero-order valence-corrected chi connectivity index (χ0v) is 21.7. The van der Waals surface area contributed by atoms with E-state index >= 15 is 0 Å². The van der Waals surface area contributed by atoms with Crippen molar-refractivity contribution in [3.8, 4) is 11.5 Å². The molecule has 36 heavy (non-hydrogen) atoms. The molecule has 9 nitrogen and oxygen atoms in total. The zero-order valence-electron chi connectivity index (χ0n) is 21.7. The third kappa shape index (κ3) is 5.32. The molecule has 2 aliphatic rings. The number of ether oxygens (including phenoxy) is 2. The van der Waals surface area contributed by atoms with E-state index < -0.39 is 12.0 Å². The number of pyridine rings is 1. The Morgan fingerprint density at radius 2 is 1.81 bits per heavy atom. The van der Waals surface area contributed by atoms with Gasteiger partial charge in [-0.15, -0.1) is 0 Å².